The van der Waals surface area contributed by atoms with Crippen LogP contribution in [0.1, 0.15) is 5.82 Å². The van der Waals surface area contributed by atoms with Crippen molar-refractivity contribution in [2.45, 2.75) is 6.42 Å². The summed E-state index contributed by atoms with van der Waals surface area (Å²) >= 11 is 5.88. The number of H-pyrrole nitrogens is 1. The van der Waals surface area contributed by atoms with Gasteiger partial charge in [-0.1, -0.05) is 11.6 Å². The summed E-state index contributed by atoms with van der Waals surface area (Å²) in [5.74, 6) is 1.27. The first-order chi connectivity index (χ1) is 8.66. The highest BCUT2D eigenvalue weighted by Gasteiger charge is 2.10. The van der Waals surface area contributed by atoms with Crippen LogP contribution < -0.4 is 5.32 Å². The van der Waals surface area contributed by atoms with Crippen LogP contribution in [0.4, 0.5) is 11.5 Å². The van der Waals surface area contributed by atoms with Crippen molar-refractivity contribution in [1.29, 1.82) is 0 Å². The van der Waals surface area contributed by atoms with Gasteiger partial charge >= 0.3 is 0 Å². The van der Waals surface area contributed by atoms with Gasteiger partial charge in [0.2, 0.25) is 0 Å². The first-order valence-corrected chi connectivity index (χ1v) is 5.56. The zero-order valence-corrected chi connectivity index (χ0v) is 10.0. The number of nitrogens with one attached hydrogen (secondary N) is 2. The number of hydrogen-bond acceptors (Lipinski definition) is 5. The summed E-state index contributed by atoms with van der Waals surface area (Å²) in [4.78, 5) is 20.9. The van der Waals surface area contributed by atoms with Crippen molar-refractivity contribution < 1.29 is 4.92 Å². The van der Waals surface area contributed by atoms with Crippen molar-refractivity contribution >= 4 is 23.1 Å². The van der Waals surface area contributed by atoms with Crippen LogP contribution in [-0.2, 0) is 6.42 Å². The molecule has 0 unspecified atom stereocenters. The van der Waals surface area contributed by atoms with E-state index in [1.165, 1.54) is 12.3 Å². The highest BCUT2D eigenvalue weighted by Crippen LogP contribution is 2.23. The fourth-order valence-corrected chi connectivity index (χ4v) is 1.62. The fraction of sp³-hybridized carbons (Fsp3) is 0.200. The second-order valence-corrected chi connectivity index (χ2v) is 3.90. The lowest BCUT2D eigenvalue weighted by Crippen LogP contribution is -2.07. The Morgan fingerprint density at radius 1 is 1.50 bits per heavy atom. The number of anilines is 1. The van der Waals surface area contributed by atoms with Gasteiger partial charge in [-0.15, -0.1) is 0 Å². The second-order valence-electron chi connectivity index (χ2n) is 3.49. The number of hydrogen-bond donors (Lipinski definition) is 2. The van der Waals surface area contributed by atoms with Crippen LogP contribution in [0.15, 0.2) is 24.7 Å². The molecule has 7 nitrogen and oxygen atoms in total. The predicted molar refractivity (Wildman–Crippen MR) is 66.7 cm³/mol. The highest BCUT2D eigenvalue weighted by molar-refractivity contribution is 6.33. The van der Waals surface area contributed by atoms with Crippen LogP contribution in [0.2, 0.25) is 5.02 Å². The molecule has 2 aromatic rings. The minimum Gasteiger partial charge on any atom is -0.368 e. The number of halogens is 1. The number of imidazole rings is 1. The third-order valence-corrected chi connectivity index (χ3v) is 2.53. The molecule has 2 aromatic heterocycles. The lowest BCUT2D eigenvalue weighted by molar-refractivity contribution is -0.385. The van der Waals surface area contributed by atoms with Gasteiger partial charge in [-0.25, -0.2) is 9.97 Å². The van der Waals surface area contributed by atoms with Crippen molar-refractivity contribution in [1.82, 2.24) is 15.0 Å². The third kappa shape index (κ3) is 2.95. The smallest absolute Gasteiger partial charge is 0.289 e. The SMILES string of the molecule is O=[N+]([O-])c1cnc(NCCc2ncc[nH]2)c(Cl)c1. The van der Waals surface area contributed by atoms with Crippen molar-refractivity contribution in [3.8, 4) is 0 Å². The van der Waals surface area contributed by atoms with Crippen molar-refractivity contribution in [2.24, 2.45) is 0 Å². The number of nitro groups is 1. The van der Waals surface area contributed by atoms with E-state index in [0.29, 0.717) is 18.8 Å². The first-order valence-electron chi connectivity index (χ1n) is 5.19. The maximum absolute atomic E-state index is 10.5. The van der Waals surface area contributed by atoms with Gasteiger partial charge in [0, 0.05) is 31.4 Å². The molecule has 8 heteroatoms. The minimum absolute atomic E-state index is 0.128. The van der Waals surface area contributed by atoms with Gasteiger partial charge in [0.25, 0.3) is 5.69 Å². The predicted octanol–water partition coefficient (Wildman–Crippen LogP) is 2.02. The molecule has 2 heterocycles. The fourth-order valence-electron chi connectivity index (χ4n) is 1.39. The molecule has 0 aromatic carbocycles. The summed E-state index contributed by atoms with van der Waals surface area (Å²) in [5.41, 5.74) is -0.128. The van der Waals surface area contributed by atoms with Crippen LogP contribution in [0, 0.1) is 10.1 Å². The van der Waals surface area contributed by atoms with E-state index in [4.69, 9.17) is 11.6 Å². The molecule has 0 saturated heterocycles. The number of rotatable bonds is 5. The maximum Gasteiger partial charge on any atom is 0.289 e. The Kier molecular flexibility index (Phi) is 3.73. The number of pyridine rings is 1. The minimum atomic E-state index is -0.536. The van der Waals surface area contributed by atoms with Gasteiger partial charge in [-0.05, 0) is 0 Å². The molecule has 0 bridgehead atoms. The van der Waals surface area contributed by atoms with Crippen LogP contribution in [0.5, 0.6) is 0 Å². The summed E-state index contributed by atoms with van der Waals surface area (Å²) in [6.45, 7) is 0.581. The molecule has 0 spiro atoms. The second kappa shape index (κ2) is 5.46. The molecule has 18 heavy (non-hydrogen) atoms. The van der Waals surface area contributed by atoms with Crippen LogP contribution in [0.25, 0.3) is 0 Å². The summed E-state index contributed by atoms with van der Waals surface area (Å²) in [5, 5.41) is 13.7. The van der Waals surface area contributed by atoms with Gasteiger partial charge in [-0.2, -0.15) is 0 Å². The van der Waals surface area contributed by atoms with E-state index in [9.17, 15) is 10.1 Å². The van der Waals surface area contributed by atoms with E-state index in [1.54, 1.807) is 12.4 Å². The lowest BCUT2D eigenvalue weighted by atomic mass is 10.3. The summed E-state index contributed by atoms with van der Waals surface area (Å²) in [6, 6.07) is 1.27. The average Bonchev–Trinajstić information content (AvgIpc) is 2.84. The standard InChI is InChI=1S/C10H10ClN5O2/c11-8-5-7(16(17)18)6-15-10(8)14-2-1-9-12-3-4-13-9/h3-6H,1-2H2,(H,12,13)(H,14,15). The number of aromatic nitrogens is 3. The van der Waals surface area contributed by atoms with Crippen molar-refractivity contribution in [3.63, 3.8) is 0 Å². The van der Waals surface area contributed by atoms with Gasteiger partial charge in [0.1, 0.15) is 17.8 Å². The number of nitrogens with zero attached hydrogens (tertiary/aromatic N) is 3. The molecule has 0 aliphatic heterocycles. The maximum atomic E-state index is 10.5. The van der Waals surface area contributed by atoms with Crippen LogP contribution in [0.3, 0.4) is 0 Å². The molecule has 0 atom stereocenters. The molecular weight excluding hydrogens is 258 g/mol. The molecule has 2 N–H and O–H groups in total. The molecule has 94 valence electrons. The van der Waals surface area contributed by atoms with Gasteiger partial charge in [0.05, 0.1) is 9.95 Å². The van der Waals surface area contributed by atoms with E-state index < -0.39 is 4.92 Å². The monoisotopic (exact) mass is 267 g/mol. The Morgan fingerprint density at radius 3 is 2.94 bits per heavy atom. The third-order valence-electron chi connectivity index (χ3n) is 2.25. The molecule has 0 aliphatic carbocycles. The van der Waals surface area contributed by atoms with E-state index in [0.717, 1.165) is 5.82 Å². The Hall–Kier alpha value is -2.15. The largest absolute Gasteiger partial charge is 0.368 e. The van der Waals surface area contributed by atoms with Gasteiger partial charge in [-0.3, -0.25) is 10.1 Å². The first kappa shape index (κ1) is 12.3. The number of aromatic amines is 1. The lowest BCUT2D eigenvalue weighted by Gasteiger charge is -2.05. The molecule has 0 radical (unpaired) electrons. The molecule has 0 amide bonds. The topological polar surface area (TPSA) is 96.7 Å². The normalized spacial score (nSPS) is 10.3. The zero-order valence-electron chi connectivity index (χ0n) is 9.26. The molecule has 0 aliphatic rings. The molecule has 0 saturated carbocycles. The Morgan fingerprint density at radius 2 is 2.33 bits per heavy atom. The zero-order chi connectivity index (χ0) is 13.0. The highest BCUT2D eigenvalue weighted by atomic mass is 35.5. The van der Waals surface area contributed by atoms with Crippen LogP contribution >= 0.6 is 11.6 Å². The van der Waals surface area contributed by atoms with E-state index in [-0.39, 0.29) is 10.7 Å². The quantitative estimate of drug-likeness (QED) is 0.638. The summed E-state index contributed by atoms with van der Waals surface area (Å²) in [6.07, 6.45) is 5.27. The van der Waals surface area contributed by atoms with E-state index >= 15 is 0 Å². The molecule has 0 fully saturated rings. The van der Waals surface area contributed by atoms with Crippen LogP contribution in [-0.4, -0.2) is 26.4 Å². The molecular formula is C10H10ClN5O2. The van der Waals surface area contributed by atoms with Gasteiger partial charge in [0.15, 0.2) is 0 Å². The summed E-state index contributed by atoms with van der Waals surface area (Å²) < 4.78 is 0. The molecule has 2 rings (SSSR count). The Balaban J connectivity index is 1.95. The Labute approximate surface area is 107 Å². The van der Waals surface area contributed by atoms with Gasteiger partial charge < -0.3 is 10.3 Å². The van der Waals surface area contributed by atoms with E-state index in [1.807, 2.05) is 0 Å². The summed E-state index contributed by atoms with van der Waals surface area (Å²) in [7, 11) is 0. The van der Waals surface area contributed by atoms with Crippen molar-refractivity contribution in [2.75, 3.05) is 11.9 Å². The average molecular weight is 268 g/mol. The van der Waals surface area contributed by atoms with Crippen molar-refractivity contribution in [3.05, 3.63) is 45.6 Å². The van der Waals surface area contributed by atoms with E-state index in [2.05, 4.69) is 20.3 Å². The Bertz CT molecular complexity index is 543.